The van der Waals surface area contributed by atoms with Gasteiger partial charge in [0.05, 0.1) is 23.8 Å². The number of amides is 1. The zero-order valence-corrected chi connectivity index (χ0v) is 23.0. The van der Waals surface area contributed by atoms with E-state index in [1.807, 2.05) is 58.0 Å². The summed E-state index contributed by atoms with van der Waals surface area (Å²) in [6.07, 6.45) is 1.87. The molecule has 0 atom stereocenters. The Morgan fingerprint density at radius 2 is 1.76 bits per heavy atom. The van der Waals surface area contributed by atoms with E-state index in [4.69, 9.17) is 16.3 Å². The summed E-state index contributed by atoms with van der Waals surface area (Å²) in [5.74, 6) is -0.137. The number of carbonyl (C=O) groups is 1. The number of halogens is 1. The summed E-state index contributed by atoms with van der Waals surface area (Å²) in [4.78, 5) is 15.3. The average Bonchev–Trinajstić information content (AvgIpc) is 3.32. The van der Waals surface area contributed by atoms with Gasteiger partial charge in [-0.25, -0.2) is 8.42 Å². The first kappa shape index (κ1) is 25.7. The molecule has 1 saturated heterocycles. The van der Waals surface area contributed by atoms with Gasteiger partial charge >= 0.3 is 0 Å². The zero-order chi connectivity index (χ0) is 26.5. The van der Waals surface area contributed by atoms with E-state index in [9.17, 15) is 13.2 Å². The Labute approximate surface area is 223 Å². The molecule has 3 heterocycles. The van der Waals surface area contributed by atoms with Crippen molar-refractivity contribution in [1.82, 2.24) is 8.87 Å². The third kappa shape index (κ3) is 4.42. The molecule has 3 aromatic rings. The lowest BCUT2D eigenvalue weighted by Crippen LogP contribution is -2.40. The van der Waals surface area contributed by atoms with Crippen LogP contribution in [0.25, 0.3) is 17.3 Å². The zero-order valence-electron chi connectivity index (χ0n) is 21.4. The van der Waals surface area contributed by atoms with E-state index >= 15 is 0 Å². The number of ether oxygens (including phenoxy) is 1. The summed E-state index contributed by atoms with van der Waals surface area (Å²) in [6, 6.07) is 12.9. The number of fused-ring (bicyclic) bond motifs is 1. The SMILES string of the molecule is CCN1C(=O)/C(=C\c2cc(C)n(-c3ccc(C)c(Cl)c3)c2C)c2cc(S(=O)(=O)N3CCOCC3)ccc21. The van der Waals surface area contributed by atoms with Crippen LogP contribution < -0.4 is 4.90 Å². The summed E-state index contributed by atoms with van der Waals surface area (Å²) >= 11 is 6.39. The van der Waals surface area contributed by atoms with Crippen molar-refractivity contribution in [1.29, 1.82) is 0 Å². The van der Waals surface area contributed by atoms with Crippen molar-refractivity contribution in [3.8, 4) is 5.69 Å². The van der Waals surface area contributed by atoms with Gasteiger partial charge in [-0.15, -0.1) is 0 Å². The number of nitrogens with zero attached hydrogens (tertiary/aromatic N) is 3. The van der Waals surface area contributed by atoms with Gasteiger partial charge < -0.3 is 14.2 Å². The molecule has 2 aromatic carbocycles. The van der Waals surface area contributed by atoms with E-state index < -0.39 is 10.0 Å². The monoisotopic (exact) mass is 539 g/mol. The Balaban J connectivity index is 1.60. The summed E-state index contributed by atoms with van der Waals surface area (Å²) in [5.41, 5.74) is 6.65. The molecule has 0 spiro atoms. The quantitative estimate of drug-likeness (QED) is 0.428. The van der Waals surface area contributed by atoms with Crippen LogP contribution >= 0.6 is 11.6 Å². The first-order chi connectivity index (χ1) is 17.6. The van der Waals surface area contributed by atoms with E-state index in [0.29, 0.717) is 49.0 Å². The minimum absolute atomic E-state index is 0.137. The second-order valence-electron chi connectivity index (χ2n) is 9.40. The molecule has 9 heteroatoms. The highest BCUT2D eigenvalue weighted by Gasteiger charge is 2.34. The second kappa shape index (κ2) is 9.76. The lowest BCUT2D eigenvalue weighted by atomic mass is 10.0. The smallest absolute Gasteiger partial charge is 0.258 e. The van der Waals surface area contributed by atoms with Gasteiger partial charge in [0.2, 0.25) is 10.0 Å². The Kier molecular flexibility index (Phi) is 6.79. The second-order valence-corrected chi connectivity index (χ2v) is 11.7. The van der Waals surface area contributed by atoms with Crippen molar-refractivity contribution in [3.63, 3.8) is 0 Å². The van der Waals surface area contributed by atoms with Crippen LogP contribution in [-0.2, 0) is 19.6 Å². The molecule has 0 unspecified atom stereocenters. The highest BCUT2D eigenvalue weighted by molar-refractivity contribution is 7.89. The van der Waals surface area contributed by atoms with E-state index in [1.165, 1.54) is 4.31 Å². The van der Waals surface area contributed by atoms with Crippen molar-refractivity contribution in [2.75, 3.05) is 37.7 Å². The minimum Gasteiger partial charge on any atom is -0.379 e. The number of likely N-dealkylation sites (N-methyl/N-ethyl adjacent to an activating group) is 1. The fraction of sp³-hybridized carbons (Fsp3) is 0.321. The maximum absolute atomic E-state index is 13.5. The predicted molar refractivity (Wildman–Crippen MR) is 147 cm³/mol. The molecule has 194 valence electrons. The van der Waals surface area contributed by atoms with Crippen molar-refractivity contribution >= 4 is 44.9 Å². The molecule has 2 aliphatic heterocycles. The molecule has 0 saturated carbocycles. The molecular weight excluding hydrogens is 510 g/mol. The lowest BCUT2D eigenvalue weighted by molar-refractivity contribution is -0.112. The van der Waals surface area contributed by atoms with E-state index in [0.717, 1.165) is 33.9 Å². The Morgan fingerprint density at radius 1 is 1.03 bits per heavy atom. The minimum atomic E-state index is -3.70. The van der Waals surface area contributed by atoms with Gasteiger partial charge in [0.15, 0.2) is 0 Å². The van der Waals surface area contributed by atoms with Gasteiger partial charge in [0.25, 0.3) is 5.91 Å². The predicted octanol–water partition coefficient (Wildman–Crippen LogP) is 4.98. The van der Waals surface area contributed by atoms with Gasteiger partial charge in [-0.1, -0.05) is 17.7 Å². The Morgan fingerprint density at radius 3 is 2.43 bits per heavy atom. The van der Waals surface area contributed by atoms with Crippen molar-refractivity contribution in [2.24, 2.45) is 0 Å². The van der Waals surface area contributed by atoms with Crippen molar-refractivity contribution < 1.29 is 17.9 Å². The Bertz CT molecular complexity index is 1530. The average molecular weight is 540 g/mol. The standard InChI is InChI=1S/C28H30ClN3O4S/c1-5-31-27-9-8-23(37(34,35)30-10-12-36-13-11-30)17-24(27)25(28(31)33)15-21-14-19(3)32(20(21)4)22-7-6-18(2)26(29)16-22/h6-9,14-17H,5,10-13H2,1-4H3/b25-15-. The highest BCUT2D eigenvalue weighted by atomic mass is 35.5. The molecule has 0 bridgehead atoms. The molecule has 1 aromatic heterocycles. The first-order valence-corrected chi connectivity index (χ1v) is 14.2. The third-order valence-electron chi connectivity index (χ3n) is 7.13. The number of rotatable bonds is 5. The number of aryl methyl sites for hydroxylation is 2. The van der Waals surface area contributed by atoms with Crippen LogP contribution in [0.2, 0.25) is 5.02 Å². The first-order valence-electron chi connectivity index (χ1n) is 12.3. The van der Waals surface area contributed by atoms with Crippen LogP contribution in [0.4, 0.5) is 5.69 Å². The summed E-state index contributed by atoms with van der Waals surface area (Å²) in [6.45, 7) is 9.76. The fourth-order valence-corrected chi connectivity index (χ4v) is 6.70. The summed E-state index contributed by atoms with van der Waals surface area (Å²) < 4.78 is 35.5. The molecule has 0 aliphatic carbocycles. The number of aromatic nitrogens is 1. The van der Waals surface area contributed by atoms with Crippen LogP contribution in [0, 0.1) is 20.8 Å². The largest absolute Gasteiger partial charge is 0.379 e. The van der Waals surface area contributed by atoms with E-state index in [1.54, 1.807) is 23.1 Å². The lowest BCUT2D eigenvalue weighted by Gasteiger charge is -2.26. The van der Waals surface area contributed by atoms with E-state index in [2.05, 4.69) is 4.57 Å². The van der Waals surface area contributed by atoms with Gasteiger partial charge in [-0.2, -0.15) is 4.31 Å². The number of hydrogen-bond acceptors (Lipinski definition) is 4. The van der Waals surface area contributed by atoms with Crippen LogP contribution in [0.5, 0.6) is 0 Å². The molecule has 7 nitrogen and oxygen atoms in total. The molecule has 0 radical (unpaired) electrons. The maximum atomic E-state index is 13.5. The molecule has 1 fully saturated rings. The number of benzene rings is 2. The van der Waals surface area contributed by atoms with E-state index in [-0.39, 0.29) is 10.8 Å². The van der Waals surface area contributed by atoms with Crippen LogP contribution in [0.3, 0.4) is 0 Å². The third-order valence-corrected chi connectivity index (χ3v) is 9.43. The van der Waals surface area contributed by atoms with Gasteiger partial charge in [-0.3, -0.25) is 4.79 Å². The molecule has 0 N–H and O–H groups in total. The Hall–Kier alpha value is -2.91. The van der Waals surface area contributed by atoms with Gasteiger partial charge in [0, 0.05) is 52.9 Å². The van der Waals surface area contributed by atoms with Crippen LogP contribution in [0.15, 0.2) is 47.4 Å². The highest BCUT2D eigenvalue weighted by Crippen LogP contribution is 2.40. The normalized spacial score (nSPS) is 17.6. The molecule has 1 amide bonds. The number of hydrogen-bond donors (Lipinski definition) is 0. The number of carbonyl (C=O) groups excluding carboxylic acids is 1. The molecule has 2 aliphatic rings. The molecule has 37 heavy (non-hydrogen) atoms. The van der Waals surface area contributed by atoms with Gasteiger partial charge in [-0.05, 0) is 81.3 Å². The number of sulfonamides is 1. The fourth-order valence-electron chi connectivity index (χ4n) is 5.09. The molecular formula is C28H30ClN3O4S. The van der Waals surface area contributed by atoms with Crippen LogP contribution in [-0.4, -0.2) is 56.0 Å². The summed E-state index contributed by atoms with van der Waals surface area (Å²) in [7, 11) is -3.70. The molecule has 5 rings (SSSR count). The van der Waals surface area contributed by atoms with Crippen molar-refractivity contribution in [2.45, 2.75) is 32.6 Å². The summed E-state index contributed by atoms with van der Waals surface area (Å²) in [5, 5.41) is 0.692. The topological polar surface area (TPSA) is 71.9 Å². The van der Waals surface area contributed by atoms with Crippen LogP contribution in [0.1, 0.15) is 35.0 Å². The van der Waals surface area contributed by atoms with Gasteiger partial charge in [0.1, 0.15) is 0 Å². The van der Waals surface area contributed by atoms with Crippen molar-refractivity contribution in [3.05, 3.63) is 75.6 Å². The maximum Gasteiger partial charge on any atom is 0.258 e. The number of anilines is 1. The number of morpholine rings is 1.